The first-order valence-corrected chi connectivity index (χ1v) is 11.3. The van der Waals surface area contributed by atoms with E-state index in [9.17, 15) is 18.0 Å². The van der Waals surface area contributed by atoms with Crippen molar-refractivity contribution < 1.29 is 17.9 Å². The van der Waals surface area contributed by atoms with Gasteiger partial charge in [-0.25, -0.2) is 13.5 Å². The lowest BCUT2D eigenvalue weighted by atomic mass is 10.1. The van der Waals surface area contributed by atoms with E-state index in [1.807, 2.05) is 0 Å². The molecule has 9 nitrogen and oxygen atoms in total. The molecule has 0 radical (unpaired) electrons. The molecule has 1 aromatic heterocycles. The topological polar surface area (TPSA) is 130 Å². The molecule has 0 aliphatic carbocycles. The van der Waals surface area contributed by atoms with E-state index in [4.69, 9.17) is 4.74 Å². The van der Waals surface area contributed by atoms with Gasteiger partial charge in [0.05, 0.1) is 23.1 Å². The fourth-order valence-electron chi connectivity index (χ4n) is 3.37. The van der Waals surface area contributed by atoms with Crippen LogP contribution in [0.4, 0.5) is 11.4 Å². The number of para-hydroxylation sites is 2. The van der Waals surface area contributed by atoms with Crippen LogP contribution >= 0.6 is 0 Å². The van der Waals surface area contributed by atoms with Crippen molar-refractivity contribution in [3.63, 3.8) is 0 Å². The van der Waals surface area contributed by atoms with Crippen LogP contribution in [0.3, 0.4) is 0 Å². The third-order valence-electron chi connectivity index (χ3n) is 5.00. The second-order valence-corrected chi connectivity index (χ2v) is 8.84. The normalized spacial score (nSPS) is 11.2. The molecule has 0 atom stereocenters. The number of amides is 1. The lowest BCUT2D eigenvalue weighted by molar-refractivity contribution is 0.102. The lowest BCUT2D eigenvalue weighted by Gasteiger charge is -2.14. The Morgan fingerprint density at radius 1 is 1.00 bits per heavy atom. The number of anilines is 2. The van der Waals surface area contributed by atoms with Gasteiger partial charge in [0.2, 0.25) is 0 Å². The fourth-order valence-corrected chi connectivity index (χ4v) is 4.72. The number of benzene rings is 3. The Balaban J connectivity index is 1.66. The van der Waals surface area contributed by atoms with E-state index >= 15 is 0 Å². The molecule has 0 aliphatic heterocycles. The summed E-state index contributed by atoms with van der Waals surface area (Å²) < 4.78 is 33.9. The van der Waals surface area contributed by atoms with E-state index in [2.05, 4.69) is 20.2 Å². The largest absolute Gasteiger partial charge is 0.495 e. The maximum atomic E-state index is 13.1. The zero-order valence-electron chi connectivity index (χ0n) is 17.7. The highest BCUT2D eigenvalue weighted by Crippen LogP contribution is 2.28. The number of fused-ring (bicyclic) bond motifs is 1. The van der Waals surface area contributed by atoms with Gasteiger partial charge in [0.15, 0.2) is 5.69 Å². The van der Waals surface area contributed by atoms with Crippen LogP contribution in [-0.4, -0.2) is 31.6 Å². The zero-order valence-corrected chi connectivity index (χ0v) is 18.6. The number of hydrogen-bond donors (Lipinski definition) is 3. The van der Waals surface area contributed by atoms with Crippen molar-refractivity contribution in [2.75, 3.05) is 17.1 Å². The number of rotatable bonds is 6. The molecule has 0 saturated heterocycles. The highest BCUT2D eigenvalue weighted by Gasteiger charge is 2.21. The van der Waals surface area contributed by atoms with Crippen LogP contribution in [0, 0.1) is 6.92 Å². The molecule has 168 valence electrons. The molecule has 0 saturated carbocycles. The van der Waals surface area contributed by atoms with E-state index in [0.717, 1.165) is 0 Å². The number of hydrogen-bond acceptors (Lipinski definition) is 6. The molecule has 0 aliphatic rings. The van der Waals surface area contributed by atoms with Gasteiger partial charge in [-0.1, -0.05) is 36.4 Å². The van der Waals surface area contributed by atoms with Crippen LogP contribution in [0.25, 0.3) is 10.8 Å². The Hall–Kier alpha value is -4.18. The summed E-state index contributed by atoms with van der Waals surface area (Å²) >= 11 is 0. The monoisotopic (exact) mass is 464 g/mol. The summed E-state index contributed by atoms with van der Waals surface area (Å²) in [6.07, 6.45) is 0. The number of carbonyl (C=O) groups is 1. The third-order valence-corrected chi connectivity index (χ3v) is 6.51. The molecular formula is C23H20N4O5S. The second kappa shape index (κ2) is 8.75. The molecule has 3 aromatic carbocycles. The molecule has 0 bridgehead atoms. The number of carbonyl (C=O) groups excluding carboxylic acids is 1. The minimum Gasteiger partial charge on any atom is -0.495 e. The van der Waals surface area contributed by atoms with Crippen molar-refractivity contribution in [3.05, 3.63) is 88.3 Å². The Bertz CT molecular complexity index is 1530. The number of nitrogens with zero attached hydrogens (tertiary/aromatic N) is 1. The molecule has 10 heteroatoms. The molecule has 4 aromatic rings. The highest BCUT2D eigenvalue weighted by atomic mass is 32.2. The van der Waals surface area contributed by atoms with Gasteiger partial charge in [0.1, 0.15) is 5.75 Å². The summed E-state index contributed by atoms with van der Waals surface area (Å²) in [5.74, 6) is -0.216. The predicted molar refractivity (Wildman–Crippen MR) is 125 cm³/mol. The number of nitrogens with one attached hydrogen (secondary N) is 3. The summed E-state index contributed by atoms with van der Waals surface area (Å²) in [6.45, 7) is 1.65. The minimum atomic E-state index is -3.98. The van der Waals surface area contributed by atoms with Gasteiger partial charge < -0.3 is 10.1 Å². The van der Waals surface area contributed by atoms with E-state index < -0.39 is 21.5 Å². The summed E-state index contributed by atoms with van der Waals surface area (Å²) in [5.41, 5.74) is 0.638. The summed E-state index contributed by atoms with van der Waals surface area (Å²) in [5, 5.41) is 9.55. The van der Waals surface area contributed by atoms with E-state index in [1.165, 1.54) is 13.2 Å². The number of aryl methyl sites for hydroxylation is 1. The van der Waals surface area contributed by atoms with Crippen LogP contribution in [0.2, 0.25) is 0 Å². The summed E-state index contributed by atoms with van der Waals surface area (Å²) in [6, 6.07) is 17.8. The van der Waals surface area contributed by atoms with Crippen molar-refractivity contribution in [3.8, 4) is 5.75 Å². The van der Waals surface area contributed by atoms with E-state index in [-0.39, 0.29) is 22.0 Å². The van der Waals surface area contributed by atoms with Gasteiger partial charge in [-0.3, -0.25) is 14.3 Å². The van der Waals surface area contributed by atoms with Crippen molar-refractivity contribution >= 4 is 38.1 Å². The zero-order chi connectivity index (χ0) is 23.6. The SMILES string of the molecule is COc1ccccc1NS(=O)(=O)c1cc(NC(=O)c2n[nH]c(=O)c3ccccc23)ccc1C. The van der Waals surface area contributed by atoms with Crippen molar-refractivity contribution in [2.24, 2.45) is 0 Å². The van der Waals surface area contributed by atoms with E-state index in [0.29, 0.717) is 22.1 Å². The Morgan fingerprint density at radius 2 is 1.70 bits per heavy atom. The second-order valence-electron chi connectivity index (χ2n) is 7.19. The number of aromatic nitrogens is 2. The molecule has 1 heterocycles. The van der Waals surface area contributed by atoms with Gasteiger partial charge in [0, 0.05) is 11.1 Å². The Morgan fingerprint density at radius 3 is 2.45 bits per heavy atom. The fraction of sp³-hybridized carbons (Fsp3) is 0.0870. The molecular weight excluding hydrogens is 444 g/mol. The number of methoxy groups -OCH3 is 1. The molecule has 0 spiro atoms. The van der Waals surface area contributed by atoms with Crippen LogP contribution in [0.1, 0.15) is 16.1 Å². The first-order valence-electron chi connectivity index (χ1n) is 9.85. The maximum absolute atomic E-state index is 13.1. The lowest BCUT2D eigenvalue weighted by Crippen LogP contribution is -2.20. The molecule has 0 unspecified atom stereocenters. The Labute approximate surface area is 189 Å². The molecule has 33 heavy (non-hydrogen) atoms. The van der Waals surface area contributed by atoms with Gasteiger partial charge in [-0.05, 0) is 42.8 Å². The summed E-state index contributed by atoms with van der Waals surface area (Å²) in [4.78, 5) is 24.8. The minimum absolute atomic E-state index is 0.00880. The first-order chi connectivity index (χ1) is 15.8. The highest BCUT2D eigenvalue weighted by molar-refractivity contribution is 7.92. The molecule has 1 amide bonds. The van der Waals surface area contributed by atoms with Gasteiger partial charge in [0.25, 0.3) is 21.5 Å². The van der Waals surface area contributed by atoms with Crippen LogP contribution < -0.4 is 20.3 Å². The third kappa shape index (κ3) is 4.41. The summed E-state index contributed by atoms with van der Waals surface area (Å²) in [7, 11) is -2.54. The Kier molecular flexibility index (Phi) is 5.84. The number of sulfonamides is 1. The average Bonchev–Trinajstić information content (AvgIpc) is 2.80. The van der Waals surface area contributed by atoms with Crippen LogP contribution in [0.5, 0.6) is 5.75 Å². The van der Waals surface area contributed by atoms with Crippen molar-refractivity contribution in [1.29, 1.82) is 0 Å². The van der Waals surface area contributed by atoms with Crippen LogP contribution in [-0.2, 0) is 10.0 Å². The quantitative estimate of drug-likeness (QED) is 0.401. The van der Waals surface area contributed by atoms with Crippen LogP contribution in [0.15, 0.2) is 76.4 Å². The molecule has 4 rings (SSSR count). The average molecular weight is 465 g/mol. The van der Waals surface area contributed by atoms with Gasteiger partial charge in [-0.15, -0.1) is 0 Å². The van der Waals surface area contributed by atoms with Crippen molar-refractivity contribution in [2.45, 2.75) is 11.8 Å². The van der Waals surface area contributed by atoms with Crippen molar-refractivity contribution in [1.82, 2.24) is 10.2 Å². The van der Waals surface area contributed by atoms with Gasteiger partial charge >= 0.3 is 0 Å². The number of aromatic amines is 1. The first kappa shape index (κ1) is 22.0. The maximum Gasteiger partial charge on any atom is 0.276 e. The number of H-pyrrole nitrogens is 1. The number of ether oxygens (including phenoxy) is 1. The molecule has 3 N–H and O–H groups in total. The molecule has 0 fully saturated rings. The predicted octanol–water partition coefficient (Wildman–Crippen LogP) is 3.29. The standard InChI is InChI=1S/C23H20N4O5S/c1-14-11-12-15(13-20(14)33(30,31)27-18-9-5-6-10-19(18)32-2)24-23(29)21-16-7-3-4-8-17(16)22(28)26-25-21/h3-13,27H,1-2H3,(H,24,29)(H,26,28). The van der Waals surface area contributed by atoms with E-state index in [1.54, 1.807) is 67.6 Å². The van der Waals surface area contributed by atoms with Gasteiger partial charge in [-0.2, -0.15) is 5.10 Å². The smallest absolute Gasteiger partial charge is 0.276 e.